The van der Waals surface area contributed by atoms with Gasteiger partial charge in [0.15, 0.2) is 0 Å². The Morgan fingerprint density at radius 2 is 1.35 bits per heavy atom. The molecule has 106 valence electrons. The van der Waals surface area contributed by atoms with Crippen LogP contribution in [0.25, 0.3) is 0 Å². The zero-order valence-corrected chi connectivity index (χ0v) is 12.2. The second-order valence-corrected chi connectivity index (χ2v) is 5.41. The highest BCUT2D eigenvalue weighted by Gasteiger charge is 2.40. The van der Waals surface area contributed by atoms with Crippen molar-refractivity contribution in [1.29, 1.82) is 0 Å². The van der Waals surface area contributed by atoms with E-state index in [0.717, 1.165) is 17.5 Å². The quantitative estimate of drug-likeness (QED) is 0.875. The molecule has 2 aromatic rings. The highest BCUT2D eigenvalue weighted by Crippen LogP contribution is 2.35. The van der Waals surface area contributed by atoms with Gasteiger partial charge in [-0.05, 0) is 17.0 Å². The molecular weight excluding hydrogens is 246 g/mol. The molecule has 0 bridgehead atoms. The summed E-state index contributed by atoms with van der Waals surface area (Å²) in [5.41, 5.74) is 6.96. The highest BCUT2D eigenvalue weighted by molar-refractivity contribution is 5.38. The fraction of sp³-hybridized carbons (Fsp3) is 0.333. The van der Waals surface area contributed by atoms with Gasteiger partial charge in [-0.25, -0.2) is 0 Å². The molecule has 0 spiro atoms. The number of rotatable bonds is 5. The van der Waals surface area contributed by atoms with E-state index in [1.807, 2.05) is 60.7 Å². The first-order chi connectivity index (χ1) is 9.60. The van der Waals surface area contributed by atoms with Gasteiger partial charge in [-0.3, -0.25) is 0 Å². The maximum Gasteiger partial charge on any atom is 0.130 e. The third-order valence-corrected chi connectivity index (χ3v) is 4.17. The van der Waals surface area contributed by atoms with Gasteiger partial charge in [0.2, 0.25) is 0 Å². The Morgan fingerprint density at radius 1 is 0.950 bits per heavy atom. The smallest absolute Gasteiger partial charge is 0.130 e. The molecule has 0 amide bonds. The van der Waals surface area contributed by atoms with Crippen molar-refractivity contribution in [1.82, 2.24) is 0 Å². The number of hydrogen-bond acceptors (Lipinski definition) is 2. The van der Waals surface area contributed by atoms with Gasteiger partial charge in [-0.2, -0.15) is 0 Å². The predicted molar refractivity (Wildman–Crippen MR) is 83.3 cm³/mol. The normalized spacial score (nSPS) is 14.8. The highest BCUT2D eigenvalue weighted by atomic mass is 16.3. The van der Waals surface area contributed by atoms with E-state index < -0.39 is 5.60 Å². The van der Waals surface area contributed by atoms with Crippen molar-refractivity contribution in [2.75, 3.05) is 0 Å². The average molecular weight is 269 g/mol. The summed E-state index contributed by atoms with van der Waals surface area (Å²) in [6.45, 7) is 4.18. The lowest BCUT2D eigenvalue weighted by Crippen LogP contribution is -2.50. The predicted octanol–water partition coefficient (Wildman–Crippen LogP) is 3.30. The second kappa shape index (κ2) is 6.21. The lowest BCUT2D eigenvalue weighted by atomic mass is 9.75. The first-order valence-corrected chi connectivity index (χ1v) is 7.19. The van der Waals surface area contributed by atoms with Gasteiger partial charge >= 0.3 is 0 Å². The zero-order chi connectivity index (χ0) is 14.6. The van der Waals surface area contributed by atoms with Crippen molar-refractivity contribution in [2.24, 2.45) is 11.7 Å². The summed E-state index contributed by atoms with van der Waals surface area (Å²) in [6, 6.07) is 19.1. The van der Waals surface area contributed by atoms with Crippen LogP contribution in [-0.2, 0) is 5.60 Å². The Balaban J connectivity index is 2.55. The monoisotopic (exact) mass is 269 g/mol. The van der Waals surface area contributed by atoms with Gasteiger partial charge in [-0.1, -0.05) is 80.9 Å². The van der Waals surface area contributed by atoms with Crippen LogP contribution in [0.2, 0.25) is 0 Å². The average Bonchev–Trinajstić information content (AvgIpc) is 2.54. The van der Waals surface area contributed by atoms with E-state index in [9.17, 15) is 5.11 Å². The van der Waals surface area contributed by atoms with E-state index in [1.165, 1.54) is 0 Å². The van der Waals surface area contributed by atoms with Crippen molar-refractivity contribution in [3.63, 3.8) is 0 Å². The van der Waals surface area contributed by atoms with Crippen LogP contribution in [0.5, 0.6) is 0 Å². The third kappa shape index (κ3) is 2.62. The lowest BCUT2D eigenvalue weighted by Gasteiger charge is -2.38. The maximum absolute atomic E-state index is 11.4. The molecule has 1 unspecified atom stereocenters. The molecule has 20 heavy (non-hydrogen) atoms. The topological polar surface area (TPSA) is 46.2 Å². The fourth-order valence-corrected chi connectivity index (χ4v) is 2.60. The zero-order valence-electron chi connectivity index (χ0n) is 12.2. The van der Waals surface area contributed by atoms with E-state index in [0.29, 0.717) is 0 Å². The molecule has 3 N–H and O–H groups in total. The lowest BCUT2D eigenvalue weighted by molar-refractivity contribution is 0.0317. The van der Waals surface area contributed by atoms with Crippen LogP contribution in [0.3, 0.4) is 0 Å². The summed E-state index contributed by atoms with van der Waals surface area (Å²) in [5.74, 6) is 0.223. The molecule has 0 aromatic heterocycles. The van der Waals surface area contributed by atoms with Crippen molar-refractivity contribution < 1.29 is 5.11 Å². The largest absolute Gasteiger partial charge is 0.379 e. The molecule has 0 fully saturated rings. The summed E-state index contributed by atoms with van der Waals surface area (Å²) in [7, 11) is 0. The first kappa shape index (κ1) is 14.8. The molecule has 0 saturated carbocycles. The molecule has 2 rings (SSSR count). The fourth-order valence-electron chi connectivity index (χ4n) is 2.60. The van der Waals surface area contributed by atoms with Crippen LogP contribution in [0.15, 0.2) is 60.7 Å². The van der Waals surface area contributed by atoms with Crippen LogP contribution in [0.4, 0.5) is 0 Å². The maximum atomic E-state index is 11.4. The minimum Gasteiger partial charge on any atom is -0.379 e. The van der Waals surface area contributed by atoms with Gasteiger partial charge in [0.05, 0.1) is 0 Å². The summed E-state index contributed by atoms with van der Waals surface area (Å²) in [5, 5.41) is 11.4. The summed E-state index contributed by atoms with van der Waals surface area (Å²) >= 11 is 0. The molecule has 2 aromatic carbocycles. The molecule has 0 saturated heterocycles. The van der Waals surface area contributed by atoms with E-state index in [2.05, 4.69) is 13.8 Å². The van der Waals surface area contributed by atoms with Crippen LogP contribution in [0, 0.1) is 5.92 Å². The Kier molecular flexibility index (Phi) is 4.58. The van der Waals surface area contributed by atoms with Crippen molar-refractivity contribution in [3.8, 4) is 0 Å². The number of benzene rings is 2. The van der Waals surface area contributed by atoms with Crippen LogP contribution < -0.4 is 5.73 Å². The molecule has 0 heterocycles. The standard InChI is InChI=1S/C18H23NO/c1-3-14(2)17(19)18(20,15-10-6-4-7-11-15)16-12-8-5-9-13-16/h4-14,17,20H,3,19H2,1-2H3/t14?,17-/m1/s1. The molecular formula is C18H23NO. The minimum atomic E-state index is -1.15. The van der Waals surface area contributed by atoms with Gasteiger partial charge in [0, 0.05) is 6.04 Å². The molecule has 0 aliphatic carbocycles. The summed E-state index contributed by atoms with van der Waals surface area (Å²) in [4.78, 5) is 0. The van der Waals surface area contributed by atoms with Crippen molar-refractivity contribution in [2.45, 2.75) is 31.9 Å². The Morgan fingerprint density at radius 3 is 1.70 bits per heavy atom. The summed E-state index contributed by atoms with van der Waals surface area (Å²) < 4.78 is 0. The Labute approximate surface area is 121 Å². The Hall–Kier alpha value is -1.64. The van der Waals surface area contributed by atoms with Crippen molar-refractivity contribution >= 4 is 0 Å². The molecule has 2 atom stereocenters. The van der Waals surface area contributed by atoms with Gasteiger partial charge < -0.3 is 10.8 Å². The first-order valence-electron chi connectivity index (χ1n) is 7.19. The number of nitrogens with two attached hydrogens (primary N) is 1. The SMILES string of the molecule is CCC(C)[C@@H](N)C(O)(c1ccccc1)c1ccccc1. The van der Waals surface area contributed by atoms with Gasteiger partial charge in [-0.15, -0.1) is 0 Å². The van der Waals surface area contributed by atoms with Gasteiger partial charge in [0.25, 0.3) is 0 Å². The third-order valence-electron chi connectivity index (χ3n) is 4.17. The van der Waals surface area contributed by atoms with E-state index in [-0.39, 0.29) is 12.0 Å². The van der Waals surface area contributed by atoms with E-state index in [1.54, 1.807) is 0 Å². The number of hydrogen-bond donors (Lipinski definition) is 2. The minimum absolute atomic E-state index is 0.223. The van der Waals surface area contributed by atoms with Gasteiger partial charge in [0.1, 0.15) is 5.60 Å². The van der Waals surface area contributed by atoms with E-state index >= 15 is 0 Å². The van der Waals surface area contributed by atoms with Crippen LogP contribution >= 0.6 is 0 Å². The molecule has 2 nitrogen and oxygen atoms in total. The van der Waals surface area contributed by atoms with Crippen LogP contribution in [0.1, 0.15) is 31.4 Å². The summed E-state index contributed by atoms with van der Waals surface area (Å²) in [6.07, 6.45) is 0.934. The molecule has 0 aliphatic heterocycles. The number of aliphatic hydroxyl groups is 1. The van der Waals surface area contributed by atoms with E-state index in [4.69, 9.17) is 5.73 Å². The molecule has 2 heteroatoms. The van der Waals surface area contributed by atoms with Crippen molar-refractivity contribution in [3.05, 3.63) is 71.8 Å². The second-order valence-electron chi connectivity index (χ2n) is 5.41. The molecule has 0 aliphatic rings. The van der Waals surface area contributed by atoms with Crippen LogP contribution in [-0.4, -0.2) is 11.1 Å². The Bertz CT molecular complexity index is 484. The molecule has 0 radical (unpaired) electrons.